The van der Waals surface area contributed by atoms with E-state index in [1.165, 1.54) is 30.3 Å². The number of hydrogen-bond acceptors (Lipinski definition) is 5. The fraction of sp³-hybridized carbons (Fsp3) is 0.0417. The normalized spacial score (nSPS) is 14.6. The molecular weight excluding hydrogens is 467 g/mol. The summed E-state index contributed by atoms with van der Waals surface area (Å²) < 4.78 is 18.6. The molecule has 1 aliphatic heterocycles. The van der Waals surface area contributed by atoms with E-state index in [0.717, 1.165) is 16.7 Å². The average Bonchev–Trinajstić information content (AvgIpc) is 3.07. The Morgan fingerprint density at radius 3 is 2.58 bits per heavy atom. The molecule has 33 heavy (non-hydrogen) atoms. The second-order valence-corrected chi connectivity index (χ2v) is 8.31. The van der Waals surface area contributed by atoms with Crippen LogP contribution in [0.5, 0.6) is 5.75 Å². The number of carbonyl (C=O) groups is 3. The number of carbonyl (C=O) groups excluding carboxylic acids is 3. The van der Waals surface area contributed by atoms with E-state index in [4.69, 9.17) is 16.3 Å². The van der Waals surface area contributed by atoms with Crippen molar-refractivity contribution >= 4 is 57.9 Å². The first-order valence-electron chi connectivity index (χ1n) is 9.71. The van der Waals surface area contributed by atoms with Gasteiger partial charge in [-0.15, -0.1) is 0 Å². The molecule has 1 fully saturated rings. The van der Waals surface area contributed by atoms with Crippen LogP contribution in [0.25, 0.3) is 6.08 Å². The molecule has 0 unspecified atom stereocenters. The number of nitrogens with one attached hydrogen (secondary N) is 1. The molecular formula is C24H16ClFN2O4S. The first kappa shape index (κ1) is 22.6. The fourth-order valence-electron chi connectivity index (χ4n) is 3.05. The van der Waals surface area contributed by atoms with Crippen molar-refractivity contribution in [1.82, 2.24) is 0 Å². The molecule has 0 aliphatic carbocycles. The van der Waals surface area contributed by atoms with Crippen LogP contribution in [0.1, 0.15) is 5.56 Å². The highest BCUT2D eigenvalue weighted by Crippen LogP contribution is 2.37. The van der Waals surface area contributed by atoms with Gasteiger partial charge in [0.2, 0.25) is 0 Å². The Kier molecular flexibility index (Phi) is 6.76. The zero-order chi connectivity index (χ0) is 23.4. The van der Waals surface area contributed by atoms with Gasteiger partial charge in [0.25, 0.3) is 17.1 Å². The van der Waals surface area contributed by atoms with Crippen LogP contribution in [0.4, 0.5) is 20.6 Å². The molecule has 3 aromatic carbocycles. The Morgan fingerprint density at radius 2 is 1.82 bits per heavy atom. The van der Waals surface area contributed by atoms with Gasteiger partial charge in [-0.05, 0) is 66.4 Å². The molecule has 1 saturated heterocycles. The lowest BCUT2D eigenvalue weighted by atomic mass is 10.2. The van der Waals surface area contributed by atoms with Gasteiger partial charge in [-0.3, -0.25) is 14.4 Å². The second-order valence-electron chi connectivity index (χ2n) is 6.88. The number of thioether (sulfide) groups is 1. The van der Waals surface area contributed by atoms with Gasteiger partial charge in [0.1, 0.15) is 11.6 Å². The van der Waals surface area contributed by atoms with Crippen LogP contribution in [0.2, 0.25) is 5.02 Å². The molecule has 4 rings (SSSR count). The topological polar surface area (TPSA) is 75.7 Å². The van der Waals surface area contributed by atoms with E-state index in [0.29, 0.717) is 27.7 Å². The van der Waals surface area contributed by atoms with Gasteiger partial charge in [-0.1, -0.05) is 35.9 Å². The van der Waals surface area contributed by atoms with Gasteiger partial charge < -0.3 is 10.1 Å². The molecule has 1 heterocycles. The number of anilines is 2. The Balaban J connectivity index is 1.48. The average molecular weight is 483 g/mol. The van der Waals surface area contributed by atoms with Crippen molar-refractivity contribution in [2.75, 3.05) is 16.8 Å². The molecule has 1 aliphatic rings. The molecule has 3 aromatic rings. The number of benzene rings is 3. The van der Waals surface area contributed by atoms with Crippen molar-refractivity contribution in [3.05, 3.63) is 94.1 Å². The molecule has 9 heteroatoms. The lowest BCUT2D eigenvalue weighted by Gasteiger charge is -2.12. The van der Waals surface area contributed by atoms with Gasteiger partial charge in [-0.25, -0.2) is 9.29 Å². The minimum atomic E-state index is -0.476. The molecule has 3 amide bonds. The summed E-state index contributed by atoms with van der Waals surface area (Å²) in [5.41, 5.74) is 1.35. The lowest BCUT2D eigenvalue weighted by molar-refractivity contribution is -0.118. The van der Waals surface area contributed by atoms with Crippen molar-refractivity contribution in [3.8, 4) is 5.75 Å². The minimum Gasteiger partial charge on any atom is -0.483 e. The van der Waals surface area contributed by atoms with Gasteiger partial charge in [-0.2, -0.15) is 0 Å². The van der Waals surface area contributed by atoms with Crippen molar-refractivity contribution in [3.63, 3.8) is 0 Å². The van der Waals surface area contributed by atoms with Crippen molar-refractivity contribution < 1.29 is 23.5 Å². The predicted molar refractivity (Wildman–Crippen MR) is 127 cm³/mol. The van der Waals surface area contributed by atoms with Crippen molar-refractivity contribution in [1.29, 1.82) is 0 Å². The fourth-order valence-corrected chi connectivity index (χ4v) is 4.07. The number of rotatable bonds is 6. The van der Waals surface area contributed by atoms with Crippen molar-refractivity contribution in [2.45, 2.75) is 0 Å². The number of amides is 3. The van der Waals surface area contributed by atoms with Gasteiger partial charge >= 0.3 is 0 Å². The summed E-state index contributed by atoms with van der Waals surface area (Å²) in [5, 5.41) is 2.58. The lowest BCUT2D eigenvalue weighted by Crippen LogP contribution is -2.27. The van der Waals surface area contributed by atoms with E-state index in [2.05, 4.69) is 5.32 Å². The number of halogens is 2. The smallest absolute Gasteiger partial charge is 0.298 e. The number of imide groups is 1. The van der Waals surface area contributed by atoms with E-state index in [9.17, 15) is 18.8 Å². The number of para-hydroxylation sites is 1. The van der Waals surface area contributed by atoms with Crippen LogP contribution in [0, 0.1) is 5.82 Å². The summed E-state index contributed by atoms with van der Waals surface area (Å²) in [6.45, 7) is -0.299. The SMILES string of the molecule is O=C(COc1ccccc1/C=C1/SC(=O)N(c2cccc(Cl)c2)C1=O)Nc1ccc(F)cc1. The Hall–Kier alpha value is -3.62. The standard InChI is InChI=1S/C24H16ClFN2O4S/c25-16-5-3-6-19(13-16)28-23(30)21(33-24(28)31)12-15-4-1-2-7-20(15)32-14-22(29)27-18-10-8-17(26)9-11-18/h1-13H,14H2,(H,27,29)/b21-12+. The van der Waals surface area contributed by atoms with Crippen molar-refractivity contribution in [2.24, 2.45) is 0 Å². The Morgan fingerprint density at radius 1 is 1.06 bits per heavy atom. The monoisotopic (exact) mass is 482 g/mol. The van der Waals surface area contributed by atoms with E-state index >= 15 is 0 Å². The molecule has 6 nitrogen and oxygen atoms in total. The third-order valence-electron chi connectivity index (χ3n) is 4.55. The Labute approximate surface area is 198 Å². The molecule has 0 spiro atoms. The minimum absolute atomic E-state index is 0.215. The summed E-state index contributed by atoms with van der Waals surface area (Å²) in [5.74, 6) is -0.951. The van der Waals surface area contributed by atoms with E-state index in [1.807, 2.05) is 0 Å². The van der Waals surface area contributed by atoms with E-state index in [-0.39, 0.29) is 11.5 Å². The molecule has 0 atom stereocenters. The molecule has 0 radical (unpaired) electrons. The maximum atomic E-state index is 13.0. The first-order chi connectivity index (χ1) is 15.9. The third kappa shape index (κ3) is 5.42. The second kappa shape index (κ2) is 9.89. The summed E-state index contributed by atoms with van der Waals surface area (Å²) in [6, 6.07) is 18.7. The van der Waals surface area contributed by atoms with Gasteiger partial charge in [0.05, 0.1) is 10.6 Å². The van der Waals surface area contributed by atoms with Crippen LogP contribution in [-0.2, 0) is 9.59 Å². The van der Waals surface area contributed by atoms with Crippen LogP contribution >= 0.6 is 23.4 Å². The van der Waals surface area contributed by atoms with Gasteiger partial charge in [0, 0.05) is 16.3 Å². The summed E-state index contributed by atoms with van der Waals surface area (Å²) in [4.78, 5) is 38.8. The number of hydrogen-bond donors (Lipinski definition) is 1. The van der Waals surface area contributed by atoms with E-state index < -0.39 is 22.9 Å². The maximum absolute atomic E-state index is 13.0. The third-order valence-corrected chi connectivity index (χ3v) is 5.66. The highest BCUT2D eigenvalue weighted by molar-refractivity contribution is 8.19. The number of nitrogens with zero attached hydrogens (tertiary/aromatic N) is 1. The molecule has 0 aromatic heterocycles. The quantitative estimate of drug-likeness (QED) is 0.453. The van der Waals surface area contributed by atoms with Gasteiger partial charge in [0.15, 0.2) is 6.61 Å². The molecule has 0 saturated carbocycles. The largest absolute Gasteiger partial charge is 0.483 e. The summed E-state index contributed by atoms with van der Waals surface area (Å²) in [6.07, 6.45) is 1.54. The first-order valence-corrected chi connectivity index (χ1v) is 10.9. The summed E-state index contributed by atoms with van der Waals surface area (Å²) >= 11 is 6.79. The zero-order valence-corrected chi connectivity index (χ0v) is 18.5. The Bertz CT molecular complexity index is 1260. The highest BCUT2D eigenvalue weighted by Gasteiger charge is 2.36. The molecule has 166 valence electrons. The van der Waals surface area contributed by atoms with Crippen LogP contribution in [0.15, 0.2) is 77.7 Å². The maximum Gasteiger partial charge on any atom is 0.298 e. The van der Waals surface area contributed by atoms with Crippen LogP contribution < -0.4 is 15.0 Å². The summed E-state index contributed by atoms with van der Waals surface area (Å²) in [7, 11) is 0. The molecule has 0 bridgehead atoms. The predicted octanol–water partition coefficient (Wildman–Crippen LogP) is 5.74. The zero-order valence-electron chi connectivity index (χ0n) is 17.0. The molecule has 1 N–H and O–H groups in total. The van der Waals surface area contributed by atoms with Crippen LogP contribution in [0.3, 0.4) is 0 Å². The highest BCUT2D eigenvalue weighted by atomic mass is 35.5. The van der Waals surface area contributed by atoms with Crippen LogP contribution in [-0.4, -0.2) is 23.7 Å². The number of ether oxygens (including phenoxy) is 1. The van der Waals surface area contributed by atoms with E-state index in [1.54, 1.807) is 48.5 Å².